The molecule has 0 spiro atoms. The Morgan fingerprint density at radius 3 is 2.62 bits per heavy atom. The normalized spacial score (nSPS) is 17.5. The summed E-state index contributed by atoms with van der Waals surface area (Å²) in [5, 5.41) is 9.05. The molecule has 0 saturated heterocycles. The number of hydrogen-bond acceptors (Lipinski definition) is 4. The van der Waals surface area contributed by atoms with Gasteiger partial charge in [0.05, 0.1) is 13.2 Å². The van der Waals surface area contributed by atoms with Crippen molar-refractivity contribution in [2.24, 2.45) is 0 Å². The van der Waals surface area contributed by atoms with Crippen LogP contribution in [-0.2, 0) is 9.53 Å². The maximum atomic E-state index is 11.8. The Morgan fingerprint density at radius 2 is 2.19 bits per heavy atom. The van der Waals surface area contributed by atoms with Crippen LogP contribution in [0.5, 0.6) is 0 Å². The standard InChI is InChI=1S/C12H23NO3/c1-3-5-11(12(15)16-4-2)13(8-9-14)10-6-7-10/h10-11,14H,3-9H2,1-2H3. The van der Waals surface area contributed by atoms with E-state index >= 15 is 0 Å². The van der Waals surface area contributed by atoms with Crippen LogP contribution >= 0.6 is 0 Å². The maximum Gasteiger partial charge on any atom is 0.323 e. The van der Waals surface area contributed by atoms with Gasteiger partial charge in [-0.2, -0.15) is 0 Å². The molecule has 4 heteroatoms. The summed E-state index contributed by atoms with van der Waals surface area (Å²) in [6, 6.07) is 0.317. The van der Waals surface area contributed by atoms with Crippen molar-refractivity contribution < 1.29 is 14.6 Å². The average molecular weight is 229 g/mol. The van der Waals surface area contributed by atoms with Crippen molar-refractivity contribution in [3.8, 4) is 0 Å². The van der Waals surface area contributed by atoms with E-state index < -0.39 is 0 Å². The van der Waals surface area contributed by atoms with Crippen molar-refractivity contribution in [3.63, 3.8) is 0 Å². The molecule has 0 bridgehead atoms. The SMILES string of the molecule is CCCC(C(=O)OCC)N(CCO)C1CC1. The molecule has 0 radical (unpaired) electrons. The van der Waals surface area contributed by atoms with Crippen LogP contribution in [0.15, 0.2) is 0 Å². The molecule has 1 aliphatic carbocycles. The molecule has 94 valence electrons. The van der Waals surface area contributed by atoms with Crippen molar-refractivity contribution in [2.45, 2.75) is 51.6 Å². The quantitative estimate of drug-likeness (QED) is 0.635. The van der Waals surface area contributed by atoms with Gasteiger partial charge in [0, 0.05) is 12.6 Å². The summed E-state index contributed by atoms with van der Waals surface area (Å²) in [6.07, 6.45) is 4.05. The second-order valence-corrected chi connectivity index (χ2v) is 4.25. The predicted molar refractivity (Wildman–Crippen MR) is 62.1 cm³/mol. The first-order chi connectivity index (χ1) is 7.74. The molecule has 1 N–H and O–H groups in total. The topological polar surface area (TPSA) is 49.8 Å². The van der Waals surface area contributed by atoms with Crippen LogP contribution in [0.3, 0.4) is 0 Å². The van der Waals surface area contributed by atoms with Gasteiger partial charge in [0.15, 0.2) is 0 Å². The van der Waals surface area contributed by atoms with Gasteiger partial charge in [0.2, 0.25) is 0 Å². The third-order valence-electron chi connectivity index (χ3n) is 2.90. The van der Waals surface area contributed by atoms with Gasteiger partial charge in [-0.3, -0.25) is 9.69 Å². The summed E-state index contributed by atoms with van der Waals surface area (Å²) in [6.45, 7) is 5.01. The van der Waals surface area contributed by atoms with Crippen molar-refractivity contribution in [1.82, 2.24) is 4.90 Å². The number of nitrogens with zero attached hydrogens (tertiary/aromatic N) is 1. The van der Waals surface area contributed by atoms with Crippen LogP contribution < -0.4 is 0 Å². The van der Waals surface area contributed by atoms with Crippen LogP contribution in [0.2, 0.25) is 0 Å². The molecule has 0 aromatic heterocycles. The maximum absolute atomic E-state index is 11.8. The number of rotatable bonds is 8. The number of hydrogen-bond donors (Lipinski definition) is 1. The van der Waals surface area contributed by atoms with Crippen LogP contribution in [0.4, 0.5) is 0 Å². The third-order valence-corrected chi connectivity index (χ3v) is 2.90. The van der Waals surface area contributed by atoms with Crippen molar-refractivity contribution >= 4 is 5.97 Å². The number of esters is 1. The summed E-state index contributed by atoms with van der Waals surface area (Å²) in [7, 11) is 0. The molecular weight excluding hydrogens is 206 g/mol. The lowest BCUT2D eigenvalue weighted by Crippen LogP contribution is -2.45. The van der Waals surface area contributed by atoms with Crippen LogP contribution in [-0.4, -0.2) is 47.8 Å². The summed E-state index contributed by atoms with van der Waals surface area (Å²) < 4.78 is 5.10. The first-order valence-electron chi connectivity index (χ1n) is 6.27. The van der Waals surface area contributed by atoms with Gasteiger partial charge >= 0.3 is 5.97 Å². The molecule has 1 rings (SSSR count). The van der Waals surface area contributed by atoms with Gasteiger partial charge in [-0.05, 0) is 26.2 Å². The first kappa shape index (κ1) is 13.5. The second-order valence-electron chi connectivity index (χ2n) is 4.25. The highest BCUT2D eigenvalue weighted by atomic mass is 16.5. The zero-order valence-corrected chi connectivity index (χ0v) is 10.3. The fourth-order valence-corrected chi connectivity index (χ4v) is 2.05. The van der Waals surface area contributed by atoms with Crippen LogP contribution in [0.25, 0.3) is 0 Å². The van der Waals surface area contributed by atoms with Crippen LogP contribution in [0, 0.1) is 0 Å². The smallest absolute Gasteiger partial charge is 0.323 e. The Labute approximate surface area is 97.6 Å². The highest BCUT2D eigenvalue weighted by Crippen LogP contribution is 2.29. The van der Waals surface area contributed by atoms with E-state index in [1.807, 2.05) is 6.92 Å². The van der Waals surface area contributed by atoms with Gasteiger partial charge in [-0.25, -0.2) is 0 Å². The highest BCUT2D eigenvalue weighted by Gasteiger charge is 2.36. The molecule has 4 nitrogen and oxygen atoms in total. The summed E-state index contributed by atoms with van der Waals surface area (Å²) in [4.78, 5) is 13.9. The van der Waals surface area contributed by atoms with Crippen molar-refractivity contribution in [3.05, 3.63) is 0 Å². The monoisotopic (exact) mass is 229 g/mol. The Balaban J connectivity index is 2.59. The van der Waals surface area contributed by atoms with Gasteiger partial charge in [0.25, 0.3) is 0 Å². The van der Waals surface area contributed by atoms with E-state index in [-0.39, 0.29) is 18.6 Å². The van der Waals surface area contributed by atoms with E-state index in [2.05, 4.69) is 11.8 Å². The van der Waals surface area contributed by atoms with Crippen LogP contribution in [0.1, 0.15) is 39.5 Å². The molecule has 1 saturated carbocycles. The number of carbonyl (C=O) groups is 1. The minimum absolute atomic E-state index is 0.107. The van der Waals surface area contributed by atoms with Crippen molar-refractivity contribution in [1.29, 1.82) is 0 Å². The molecule has 1 unspecified atom stereocenters. The lowest BCUT2D eigenvalue weighted by atomic mass is 10.1. The van der Waals surface area contributed by atoms with Gasteiger partial charge in [0.1, 0.15) is 6.04 Å². The fourth-order valence-electron chi connectivity index (χ4n) is 2.05. The Hall–Kier alpha value is -0.610. The summed E-state index contributed by atoms with van der Waals surface area (Å²) >= 11 is 0. The van der Waals surface area contributed by atoms with E-state index in [0.29, 0.717) is 19.2 Å². The zero-order chi connectivity index (χ0) is 12.0. The van der Waals surface area contributed by atoms with E-state index in [0.717, 1.165) is 25.7 Å². The number of ether oxygens (including phenoxy) is 1. The highest BCUT2D eigenvalue weighted by molar-refractivity contribution is 5.75. The molecule has 0 aromatic rings. The van der Waals surface area contributed by atoms with E-state index in [1.54, 1.807) is 0 Å². The molecule has 1 atom stereocenters. The largest absolute Gasteiger partial charge is 0.465 e. The Kier molecular flexibility index (Phi) is 5.77. The zero-order valence-electron chi connectivity index (χ0n) is 10.3. The fraction of sp³-hybridized carbons (Fsp3) is 0.917. The number of aliphatic hydroxyl groups is 1. The van der Waals surface area contributed by atoms with E-state index in [4.69, 9.17) is 9.84 Å². The summed E-state index contributed by atoms with van der Waals surface area (Å²) in [5.41, 5.74) is 0. The first-order valence-corrected chi connectivity index (χ1v) is 6.27. The average Bonchev–Trinajstić information content (AvgIpc) is 3.07. The lowest BCUT2D eigenvalue weighted by molar-refractivity contribution is -0.150. The Bertz CT molecular complexity index is 216. The lowest BCUT2D eigenvalue weighted by Gasteiger charge is -2.29. The molecule has 1 fully saturated rings. The van der Waals surface area contributed by atoms with Crippen molar-refractivity contribution in [2.75, 3.05) is 19.8 Å². The van der Waals surface area contributed by atoms with E-state index in [1.165, 1.54) is 0 Å². The van der Waals surface area contributed by atoms with Gasteiger partial charge < -0.3 is 9.84 Å². The van der Waals surface area contributed by atoms with Gasteiger partial charge in [-0.1, -0.05) is 13.3 Å². The molecule has 0 amide bonds. The second kappa shape index (κ2) is 6.86. The molecule has 16 heavy (non-hydrogen) atoms. The summed E-state index contributed by atoms with van der Waals surface area (Å²) in [5.74, 6) is -0.135. The molecule has 1 aliphatic rings. The van der Waals surface area contributed by atoms with E-state index in [9.17, 15) is 4.79 Å². The third kappa shape index (κ3) is 3.76. The predicted octanol–water partition coefficient (Wildman–Crippen LogP) is 1.17. The molecular formula is C12H23NO3. The number of aliphatic hydroxyl groups excluding tert-OH is 1. The Morgan fingerprint density at radius 1 is 1.50 bits per heavy atom. The minimum atomic E-state index is -0.162. The molecule has 0 aliphatic heterocycles. The molecule has 0 aromatic carbocycles. The van der Waals surface area contributed by atoms with Gasteiger partial charge in [-0.15, -0.1) is 0 Å². The number of carbonyl (C=O) groups excluding carboxylic acids is 1. The minimum Gasteiger partial charge on any atom is -0.465 e. The molecule has 0 heterocycles.